The highest BCUT2D eigenvalue weighted by Gasteiger charge is 2.44. The largest absolute Gasteiger partial charge is 0.456 e. The quantitative estimate of drug-likeness (QED) is 0.176. The number of furan rings is 2. The summed E-state index contributed by atoms with van der Waals surface area (Å²) in [7, 11) is 0. The molecule has 0 saturated heterocycles. The highest BCUT2D eigenvalue weighted by Crippen LogP contribution is 2.60. The van der Waals surface area contributed by atoms with Crippen LogP contribution >= 0.6 is 0 Å². The minimum Gasteiger partial charge on any atom is -0.456 e. The lowest BCUT2D eigenvalue weighted by Crippen LogP contribution is -2.18. The predicted molar refractivity (Wildman–Crippen MR) is 297 cm³/mol. The molecule has 3 aliphatic rings. The van der Waals surface area contributed by atoms with Crippen LogP contribution in [0, 0.1) is 6.92 Å². The first-order chi connectivity index (χ1) is 34.0. The molecule has 0 amide bonds. The van der Waals surface area contributed by atoms with Gasteiger partial charge in [0.2, 0.25) is 0 Å². The van der Waals surface area contributed by atoms with E-state index < -0.39 is 0 Å². The molecule has 71 heavy (non-hydrogen) atoms. The summed E-state index contributed by atoms with van der Waals surface area (Å²) >= 11 is 0. The van der Waals surface area contributed by atoms with Crippen molar-refractivity contribution in [3.05, 3.63) is 208 Å². The number of para-hydroxylation sites is 2. The Labute approximate surface area is 416 Å². The number of fused-ring (bicyclic) bond motifs is 17. The van der Waals surface area contributed by atoms with E-state index in [1.54, 1.807) is 0 Å². The van der Waals surface area contributed by atoms with E-state index in [0.29, 0.717) is 0 Å². The van der Waals surface area contributed by atoms with Crippen LogP contribution in [0.15, 0.2) is 173 Å². The summed E-state index contributed by atoms with van der Waals surface area (Å²) in [6, 6.07) is 61.6. The van der Waals surface area contributed by atoms with E-state index >= 15 is 0 Å². The van der Waals surface area contributed by atoms with E-state index in [9.17, 15) is 0 Å². The maximum atomic E-state index is 6.84. The predicted octanol–water partition coefficient (Wildman–Crippen LogP) is 19.1. The molecule has 11 aromatic rings. The summed E-state index contributed by atoms with van der Waals surface area (Å²) in [5.74, 6) is 0. The van der Waals surface area contributed by atoms with Gasteiger partial charge in [-0.25, -0.2) is 0 Å². The monoisotopic (exact) mass is 919 g/mol. The fourth-order valence-electron chi connectivity index (χ4n) is 13.2. The molecule has 3 nitrogen and oxygen atoms in total. The first-order valence-electron chi connectivity index (χ1n) is 25.4. The fourth-order valence-corrected chi connectivity index (χ4v) is 13.2. The Morgan fingerprint density at radius 1 is 0.394 bits per heavy atom. The minimum atomic E-state index is -0.295. The lowest BCUT2D eigenvalue weighted by Gasteiger charge is -2.30. The van der Waals surface area contributed by atoms with Crippen LogP contribution in [0.25, 0.3) is 88.4 Å². The van der Waals surface area contributed by atoms with Gasteiger partial charge in [0, 0.05) is 60.4 Å². The normalized spacial score (nSPS) is 15.5. The van der Waals surface area contributed by atoms with Crippen molar-refractivity contribution < 1.29 is 8.83 Å². The second kappa shape index (κ2) is 14.0. The molecule has 9 aromatic carbocycles. The van der Waals surface area contributed by atoms with E-state index in [1.165, 1.54) is 99.6 Å². The molecule has 0 N–H and O–H groups in total. The molecule has 0 fully saturated rings. The third-order valence-corrected chi connectivity index (χ3v) is 17.1. The number of benzene rings is 9. The van der Waals surface area contributed by atoms with Crippen LogP contribution in [-0.2, 0) is 21.7 Å². The average Bonchev–Trinajstić information content (AvgIpc) is 4.10. The maximum absolute atomic E-state index is 6.84. The van der Waals surface area contributed by atoms with E-state index in [2.05, 4.69) is 238 Å². The molecule has 0 spiro atoms. The van der Waals surface area contributed by atoms with Crippen molar-refractivity contribution in [3.8, 4) is 44.5 Å². The molecule has 0 saturated carbocycles. The van der Waals surface area contributed by atoms with Gasteiger partial charge < -0.3 is 13.7 Å². The highest BCUT2D eigenvalue weighted by atomic mass is 16.3. The number of anilines is 3. The average molecular weight is 920 g/mol. The van der Waals surface area contributed by atoms with Crippen molar-refractivity contribution >= 4 is 60.9 Å². The number of rotatable bonds is 4. The summed E-state index contributed by atoms with van der Waals surface area (Å²) in [6.45, 7) is 23.5. The molecular weight excluding hydrogens is 863 g/mol. The molecule has 2 heterocycles. The summed E-state index contributed by atoms with van der Waals surface area (Å²) in [6.07, 6.45) is 0. The van der Waals surface area contributed by atoms with Crippen molar-refractivity contribution in [1.82, 2.24) is 0 Å². The van der Waals surface area contributed by atoms with Crippen LogP contribution in [0.5, 0.6) is 0 Å². The molecule has 2 aromatic heterocycles. The lowest BCUT2D eigenvalue weighted by molar-refractivity contribution is 0.590. The Morgan fingerprint density at radius 2 is 0.944 bits per heavy atom. The highest BCUT2D eigenvalue weighted by molar-refractivity contribution is 6.19. The SMILES string of the molecule is Cc1cccc(-c2cc3c(c4c2oc2ccccc24)-c2ccc(N(c4ccc(C(C)(C)C)cc4)c4ccc5c(c4)C(C)(C)c4cc6c(cc4-5)C(C)(C)c4ccc5oc7ccccc7c5c4-6)cc2C3(C)C)c1. The Bertz CT molecular complexity index is 4120. The van der Waals surface area contributed by atoms with Crippen LogP contribution in [-0.4, -0.2) is 0 Å². The molecule has 14 rings (SSSR count). The van der Waals surface area contributed by atoms with Crippen LogP contribution < -0.4 is 4.90 Å². The molecular formula is C68H57NO2. The Hall–Kier alpha value is -7.62. The Kier molecular flexibility index (Phi) is 8.36. The number of hydrogen-bond acceptors (Lipinski definition) is 3. The smallest absolute Gasteiger partial charge is 0.143 e. The van der Waals surface area contributed by atoms with Crippen molar-refractivity contribution in [2.75, 3.05) is 4.90 Å². The van der Waals surface area contributed by atoms with Gasteiger partial charge >= 0.3 is 0 Å². The number of nitrogens with zero attached hydrogens (tertiary/aromatic N) is 1. The minimum absolute atomic E-state index is 0.0296. The van der Waals surface area contributed by atoms with Crippen LogP contribution in [0.1, 0.15) is 107 Å². The lowest BCUT2D eigenvalue weighted by atomic mass is 9.79. The van der Waals surface area contributed by atoms with Gasteiger partial charge in [0.1, 0.15) is 22.3 Å². The van der Waals surface area contributed by atoms with Gasteiger partial charge in [0.15, 0.2) is 0 Å². The van der Waals surface area contributed by atoms with E-state index in [0.717, 1.165) is 50.3 Å². The number of hydrogen-bond donors (Lipinski definition) is 0. The molecule has 0 aliphatic heterocycles. The van der Waals surface area contributed by atoms with Crippen molar-refractivity contribution in [2.45, 2.75) is 90.9 Å². The van der Waals surface area contributed by atoms with Gasteiger partial charge in [0.05, 0.1) is 0 Å². The Morgan fingerprint density at radius 3 is 1.65 bits per heavy atom. The van der Waals surface area contributed by atoms with Crippen molar-refractivity contribution in [1.29, 1.82) is 0 Å². The van der Waals surface area contributed by atoms with Gasteiger partial charge in [-0.2, -0.15) is 0 Å². The van der Waals surface area contributed by atoms with Crippen LogP contribution in [0.2, 0.25) is 0 Å². The first-order valence-corrected chi connectivity index (χ1v) is 25.4. The zero-order valence-electron chi connectivity index (χ0n) is 42.4. The number of aryl methyl sites for hydroxylation is 1. The van der Waals surface area contributed by atoms with E-state index in [4.69, 9.17) is 8.83 Å². The summed E-state index contributed by atoms with van der Waals surface area (Å²) in [5.41, 5.74) is 27.3. The molecule has 0 atom stereocenters. The molecule has 0 radical (unpaired) electrons. The fraction of sp³-hybridized carbons (Fsp3) is 0.206. The van der Waals surface area contributed by atoms with Gasteiger partial charge in [-0.1, -0.05) is 159 Å². The van der Waals surface area contributed by atoms with Gasteiger partial charge in [0.25, 0.3) is 0 Å². The third-order valence-electron chi connectivity index (χ3n) is 17.1. The zero-order valence-corrected chi connectivity index (χ0v) is 42.4. The zero-order chi connectivity index (χ0) is 48.7. The molecule has 346 valence electrons. The molecule has 3 aliphatic carbocycles. The molecule has 3 heteroatoms. The van der Waals surface area contributed by atoms with Crippen LogP contribution in [0.3, 0.4) is 0 Å². The maximum Gasteiger partial charge on any atom is 0.143 e. The van der Waals surface area contributed by atoms with Gasteiger partial charge in [-0.15, -0.1) is 0 Å². The van der Waals surface area contributed by atoms with Crippen molar-refractivity contribution in [2.24, 2.45) is 0 Å². The van der Waals surface area contributed by atoms with Crippen LogP contribution in [0.4, 0.5) is 17.1 Å². The third kappa shape index (κ3) is 5.72. The van der Waals surface area contributed by atoms with Gasteiger partial charge in [-0.05, 0) is 163 Å². The van der Waals surface area contributed by atoms with Crippen molar-refractivity contribution in [3.63, 3.8) is 0 Å². The summed E-state index contributed by atoms with van der Waals surface area (Å²) < 4.78 is 13.3. The van der Waals surface area contributed by atoms with E-state index in [-0.39, 0.29) is 21.7 Å². The summed E-state index contributed by atoms with van der Waals surface area (Å²) in [5, 5.41) is 4.76. The summed E-state index contributed by atoms with van der Waals surface area (Å²) in [4.78, 5) is 2.49. The Balaban J connectivity index is 0.939. The molecule has 0 bridgehead atoms. The standard InChI is InChI=1S/C68H57NO2/c1-38-16-15-17-39(32-38)48-35-56-60(63-47-19-12-14-21-58(47)71-64(48)63)45-29-27-43(34-53(45)68(56,9)10)69(41-24-22-40(23-25-41)65(2,3)4)42-26-28-44-49-36-55-50(37-54(49)67(7,8)52(44)33-42)61-51(66(55,5)6)30-31-59-62(61)46-18-11-13-20-57(46)70-59/h11-37H,1-10H3. The molecule has 0 unspecified atom stereocenters. The van der Waals surface area contributed by atoms with Gasteiger partial charge in [-0.3, -0.25) is 0 Å². The topological polar surface area (TPSA) is 29.5 Å². The first kappa shape index (κ1) is 42.3. The second-order valence-electron chi connectivity index (χ2n) is 23.4. The van der Waals surface area contributed by atoms with E-state index in [1.807, 2.05) is 0 Å². The second-order valence-corrected chi connectivity index (χ2v) is 23.4.